The zero-order valence-corrected chi connectivity index (χ0v) is 10.7. The van der Waals surface area contributed by atoms with Gasteiger partial charge in [0.1, 0.15) is 5.56 Å². The predicted octanol–water partition coefficient (Wildman–Crippen LogP) is 2.41. The molecule has 1 fully saturated rings. The van der Waals surface area contributed by atoms with Crippen LogP contribution in [0, 0.1) is 23.3 Å². The number of hydrogen-bond donors (Lipinski definition) is 1. The molecule has 0 aromatic heterocycles. The van der Waals surface area contributed by atoms with E-state index in [9.17, 15) is 22.4 Å². The highest BCUT2D eigenvalue weighted by Gasteiger charge is 2.45. The molecule has 0 unspecified atom stereocenters. The Balaban J connectivity index is 2.71. The molecule has 110 valence electrons. The molecule has 0 aliphatic heterocycles. The summed E-state index contributed by atoms with van der Waals surface area (Å²) in [6.45, 7) is -0.128. The van der Waals surface area contributed by atoms with Crippen LogP contribution in [0.3, 0.4) is 0 Å². The van der Waals surface area contributed by atoms with Crippen LogP contribution >= 0.6 is 0 Å². The number of hydrogen-bond acceptors (Lipinski definition) is 3. The summed E-state index contributed by atoms with van der Waals surface area (Å²) in [7, 11) is 0.859. The van der Waals surface area contributed by atoms with Crippen molar-refractivity contribution in [3.8, 4) is 0 Å². The third-order valence-electron chi connectivity index (χ3n) is 3.88. The summed E-state index contributed by atoms with van der Waals surface area (Å²) in [5.74, 6) is -8.11. The van der Waals surface area contributed by atoms with Crippen molar-refractivity contribution in [3.63, 3.8) is 0 Å². The summed E-state index contributed by atoms with van der Waals surface area (Å²) in [6, 6.07) is 0. The molecular weight excluding hydrogens is 278 g/mol. The zero-order chi connectivity index (χ0) is 15.1. The van der Waals surface area contributed by atoms with Gasteiger partial charge in [-0.1, -0.05) is 6.42 Å². The standard InChI is InChI=1S/C13H13F4NO2/c1-20-12(19)6-8(14)10(16)7(11(17)9(6)15)13(5-18)3-2-4-13/h2-5,18H2,1H3. The second-order valence-electron chi connectivity index (χ2n) is 4.84. The minimum absolute atomic E-state index is 0.128. The number of carbonyl (C=O) groups excluding carboxylic acids is 1. The van der Waals surface area contributed by atoms with E-state index in [0.29, 0.717) is 19.3 Å². The molecule has 1 aliphatic rings. The average Bonchev–Trinajstić information content (AvgIpc) is 2.39. The van der Waals surface area contributed by atoms with E-state index >= 15 is 0 Å². The van der Waals surface area contributed by atoms with Crippen molar-refractivity contribution in [3.05, 3.63) is 34.4 Å². The van der Waals surface area contributed by atoms with Crippen LogP contribution in [-0.4, -0.2) is 19.6 Å². The molecule has 1 aromatic rings. The van der Waals surface area contributed by atoms with Crippen molar-refractivity contribution in [1.29, 1.82) is 0 Å². The van der Waals surface area contributed by atoms with Gasteiger partial charge in [-0.25, -0.2) is 22.4 Å². The molecule has 2 N–H and O–H groups in total. The average molecular weight is 291 g/mol. The van der Waals surface area contributed by atoms with E-state index in [0.717, 1.165) is 7.11 Å². The molecule has 3 nitrogen and oxygen atoms in total. The predicted molar refractivity (Wildman–Crippen MR) is 62.2 cm³/mol. The lowest BCUT2D eigenvalue weighted by Gasteiger charge is -2.41. The highest BCUT2D eigenvalue weighted by molar-refractivity contribution is 5.90. The van der Waals surface area contributed by atoms with Gasteiger partial charge < -0.3 is 10.5 Å². The molecule has 0 atom stereocenters. The molecular formula is C13H13F4NO2. The van der Waals surface area contributed by atoms with Crippen LogP contribution in [0.5, 0.6) is 0 Å². The number of nitrogens with two attached hydrogens (primary N) is 1. The summed E-state index contributed by atoms with van der Waals surface area (Å²) in [5, 5.41) is 0. The van der Waals surface area contributed by atoms with Gasteiger partial charge in [-0.05, 0) is 12.8 Å². The van der Waals surface area contributed by atoms with Gasteiger partial charge in [0.25, 0.3) is 0 Å². The van der Waals surface area contributed by atoms with Gasteiger partial charge in [0.05, 0.1) is 7.11 Å². The highest BCUT2D eigenvalue weighted by atomic mass is 19.2. The Morgan fingerprint density at radius 1 is 1.15 bits per heavy atom. The maximum atomic E-state index is 14.1. The number of methoxy groups -OCH3 is 1. The molecule has 2 rings (SSSR count). The van der Waals surface area contributed by atoms with E-state index < -0.39 is 45.8 Å². The minimum atomic E-state index is -1.74. The molecule has 1 saturated carbocycles. The minimum Gasteiger partial charge on any atom is -0.465 e. The van der Waals surface area contributed by atoms with Crippen molar-refractivity contribution in [2.75, 3.05) is 13.7 Å². The van der Waals surface area contributed by atoms with Crippen LogP contribution < -0.4 is 5.73 Å². The second kappa shape index (κ2) is 5.05. The summed E-state index contributed by atoms with van der Waals surface area (Å²) >= 11 is 0. The SMILES string of the molecule is COC(=O)c1c(F)c(F)c(C2(CN)CCC2)c(F)c1F. The van der Waals surface area contributed by atoms with Gasteiger partial charge >= 0.3 is 5.97 Å². The maximum absolute atomic E-state index is 14.1. The van der Waals surface area contributed by atoms with E-state index in [1.54, 1.807) is 0 Å². The first-order chi connectivity index (χ1) is 9.39. The Bertz CT molecular complexity index is 535. The molecule has 0 bridgehead atoms. The lowest BCUT2D eigenvalue weighted by molar-refractivity contribution is 0.0586. The van der Waals surface area contributed by atoms with Crippen LogP contribution in [0.25, 0.3) is 0 Å². The van der Waals surface area contributed by atoms with Gasteiger partial charge in [0, 0.05) is 17.5 Å². The second-order valence-corrected chi connectivity index (χ2v) is 4.84. The first kappa shape index (κ1) is 14.8. The quantitative estimate of drug-likeness (QED) is 0.528. The summed E-state index contributed by atoms with van der Waals surface area (Å²) in [4.78, 5) is 11.2. The number of ether oxygens (including phenoxy) is 1. The molecule has 1 aliphatic carbocycles. The van der Waals surface area contributed by atoms with Gasteiger partial charge in [0.2, 0.25) is 0 Å². The van der Waals surface area contributed by atoms with Gasteiger partial charge in [-0.2, -0.15) is 0 Å². The Kier molecular flexibility index (Phi) is 3.73. The Labute approximate surface area is 112 Å². The molecule has 0 amide bonds. The molecule has 20 heavy (non-hydrogen) atoms. The fourth-order valence-electron chi connectivity index (χ4n) is 2.54. The van der Waals surface area contributed by atoms with E-state index in [4.69, 9.17) is 5.73 Å². The smallest absolute Gasteiger partial charge is 0.344 e. The third-order valence-corrected chi connectivity index (χ3v) is 3.88. The number of halogens is 4. The zero-order valence-electron chi connectivity index (χ0n) is 10.7. The van der Waals surface area contributed by atoms with Crippen molar-refractivity contribution in [2.45, 2.75) is 24.7 Å². The van der Waals surface area contributed by atoms with Crippen LogP contribution in [0.1, 0.15) is 35.2 Å². The number of esters is 1. The Hall–Kier alpha value is -1.63. The fraction of sp³-hybridized carbons (Fsp3) is 0.462. The normalized spacial score (nSPS) is 16.7. The lowest BCUT2D eigenvalue weighted by Crippen LogP contribution is -2.43. The molecule has 0 spiro atoms. The monoisotopic (exact) mass is 291 g/mol. The van der Waals surface area contributed by atoms with Crippen molar-refractivity contribution >= 4 is 5.97 Å². The molecule has 7 heteroatoms. The first-order valence-corrected chi connectivity index (χ1v) is 6.04. The maximum Gasteiger partial charge on any atom is 0.344 e. The van der Waals surface area contributed by atoms with E-state index in [-0.39, 0.29) is 6.54 Å². The Morgan fingerprint density at radius 3 is 1.95 bits per heavy atom. The molecule has 0 saturated heterocycles. The third kappa shape index (κ3) is 1.88. The summed E-state index contributed by atoms with van der Waals surface area (Å²) in [6.07, 6.45) is 1.35. The van der Waals surface area contributed by atoms with Crippen LogP contribution in [0.15, 0.2) is 0 Å². The Morgan fingerprint density at radius 2 is 1.65 bits per heavy atom. The van der Waals surface area contributed by atoms with Crippen LogP contribution in [0.4, 0.5) is 17.6 Å². The van der Waals surface area contributed by atoms with Crippen molar-refractivity contribution in [1.82, 2.24) is 0 Å². The topological polar surface area (TPSA) is 52.3 Å². The number of carbonyl (C=O) groups is 1. The largest absolute Gasteiger partial charge is 0.465 e. The van der Waals surface area contributed by atoms with E-state index in [2.05, 4.69) is 4.74 Å². The van der Waals surface area contributed by atoms with Gasteiger partial charge in [-0.3, -0.25) is 0 Å². The highest BCUT2D eigenvalue weighted by Crippen LogP contribution is 2.46. The first-order valence-electron chi connectivity index (χ1n) is 6.04. The van der Waals surface area contributed by atoms with Gasteiger partial charge in [-0.15, -0.1) is 0 Å². The molecule has 1 aromatic carbocycles. The molecule has 0 radical (unpaired) electrons. The molecule has 0 heterocycles. The number of rotatable bonds is 3. The van der Waals surface area contributed by atoms with Crippen LogP contribution in [0.2, 0.25) is 0 Å². The van der Waals surface area contributed by atoms with Gasteiger partial charge in [0.15, 0.2) is 23.3 Å². The van der Waals surface area contributed by atoms with Crippen molar-refractivity contribution < 1.29 is 27.1 Å². The van der Waals surface area contributed by atoms with Crippen molar-refractivity contribution in [2.24, 2.45) is 5.73 Å². The summed E-state index contributed by atoms with van der Waals surface area (Å²) < 4.78 is 59.9. The van der Waals surface area contributed by atoms with Crippen LogP contribution in [-0.2, 0) is 10.2 Å². The van der Waals surface area contributed by atoms with E-state index in [1.165, 1.54) is 0 Å². The summed E-state index contributed by atoms with van der Waals surface area (Å²) in [5.41, 5.74) is 2.31. The van der Waals surface area contributed by atoms with E-state index in [1.807, 2.05) is 0 Å². The lowest BCUT2D eigenvalue weighted by atomic mass is 9.64. The number of benzene rings is 1. The fourth-order valence-corrected chi connectivity index (χ4v) is 2.54.